The molecular weight excluding hydrogens is 305 g/mol. The van der Waals surface area contributed by atoms with Crippen molar-refractivity contribution in [2.24, 2.45) is 0 Å². The molecule has 1 heterocycles. The number of carbonyl (C=O) groups excluding carboxylic acids is 1. The first-order valence-corrected chi connectivity index (χ1v) is 7.91. The van der Waals surface area contributed by atoms with E-state index in [1.54, 1.807) is 6.07 Å². The summed E-state index contributed by atoms with van der Waals surface area (Å²) in [6.45, 7) is 0.391. The Hall–Kier alpha value is -2.88. The maximum absolute atomic E-state index is 13.2. The molecule has 1 aliphatic heterocycles. The van der Waals surface area contributed by atoms with E-state index < -0.39 is 0 Å². The third kappa shape index (κ3) is 2.83. The lowest BCUT2D eigenvalue weighted by Crippen LogP contribution is -2.34. The normalized spacial score (nSPS) is 15.8. The summed E-state index contributed by atoms with van der Waals surface area (Å²) in [5, 5.41) is 5.03. The third-order valence-electron chi connectivity index (χ3n) is 4.27. The van der Waals surface area contributed by atoms with Crippen LogP contribution in [0.2, 0.25) is 0 Å². The maximum atomic E-state index is 13.2. The van der Waals surface area contributed by atoms with Crippen LogP contribution in [0.5, 0.6) is 5.75 Å². The molecule has 24 heavy (non-hydrogen) atoms. The summed E-state index contributed by atoms with van der Waals surface area (Å²) >= 11 is 0. The van der Waals surface area contributed by atoms with Crippen LogP contribution in [0, 0.1) is 5.82 Å². The van der Waals surface area contributed by atoms with Gasteiger partial charge in [0.2, 0.25) is 0 Å². The summed E-state index contributed by atoms with van der Waals surface area (Å²) < 4.78 is 19.0. The van der Waals surface area contributed by atoms with E-state index in [9.17, 15) is 9.18 Å². The second kappa shape index (κ2) is 5.96. The monoisotopic (exact) mass is 321 g/mol. The molecule has 0 bridgehead atoms. The van der Waals surface area contributed by atoms with Crippen LogP contribution in [0.25, 0.3) is 10.8 Å². The highest BCUT2D eigenvalue weighted by molar-refractivity contribution is 5.98. The van der Waals surface area contributed by atoms with E-state index in [4.69, 9.17) is 4.74 Å². The molecule has 4 heteroatoms. The Bertz CT molecular complexity index is 922. The Morgan fingerprint density at radius 2 is 1.92 bits per heavy atom. The Labute approximate surface area is 139 Å². The first kappa shape index (κ1) is 14.7. The van der Waals surface area contributed by atoms with Crippen molar-refractivity contribution in [3.05, 3.63) is 77.6 Å². The average Bonchev–Trinajstić information content (AvgIpc) is 3.01. The SMILES string of the molecule is O=C(NC[C@H]1Cc2cc(F)ccc2O1)c1ccc2ccccc2c1. The van der Waals surface area contributed by atoms with Crippen molar-refractivity contribution in [3.8, 4) is 5.75 Å². The van der Waals surface area contributed by atoms with Crippen LogP contribution in [0.3, 0.4) is 0 Å². The van der Waals surface area contributed by atoms with Crippen LogP contribution in [-0.2, 0) is 6.42 Å². The number of halogens is 1. The predicted octanol–water partition coefficient (Wildman–Crippen LogP) is 3.71. The van der Waals surface area contributed by atoms with E-state index in [0.717, 1.165) is 16.3 Å². The van der Waals surface area contributed by atoms with Crippen molar-refractivity contribution in [3.63, 3.8) is 0 Å². The summed E-state index contributed by atoms with van der Waals surface area (Å²) in [5.74, 6) is 0.297. The van der Waals surface area contributed by atoms with Gasteiger partial charge in [0.05, 0.1) is 6.54 Å². The van der Waals surface area contributed by atoms with Gasteiger partial charge in [0.15, 0.2) is 0 Å². The molecule has 0 saturated heterocycles. The highest BCUT2D eigenvalue weighted by Crippen LogP contribution is 2.29. The van der Waals surface area contributed by atoms with Crippen LogP contribution >= 0.6 is 0 Å². The first-order valence-electron chi connectivity index (χ1n) is 7.91. The minimum Gasteiger partial charge on any atom is -0.488 e. The van der Waals surface area contributed by atoms with E-state index in [2.05, 4.69) is 5.32 Å². The van der Waals surface area contributed by atoms with Crippen LogP contribution < -0.4 is 10.1 Å². The fourth-order valence-electron chi connectivity index (χ4n) is 3.04. The molecule has 3 nitrogen and oxygen atoms in total. The fraction of sp³-hybridized carbons (Fsp3) is 0.150. The van der Waals surface area contributed by atoms with Gasteiger partial charge < -0.3 is 10.1 Å². The maximum Gasteiger partial charge on any atom is 0.251 e. The molecule has 0 saturated carbocycles. The molecule has 120 valence electrons. The minimum absolute atomic E-state index is 0.133. The highest BCUT2D eigenvalue weighted by Gasteiger charge is 2.23. The largest absolute Gasteiger partial charge is 0.488 e. The van der Waals surface area contributed by atoms with Crippen molar-refractivity contribution in [1.29, 1.82) is 0 Å². The Balaban J connectivity index is 1.41. The predicted molar refractivity (Wildman–Crippen MR) is 90.8 cm³/mol. The quantitative estimate of drug-likeness (QED) is 0.798. The number of rotatable bonds is 3. The Morgan fingerprint density at radius 1 is 1.08 bits per heavy atom. The van der Waals surface area contributed by atoms with Crippen molar-refractivity contribution in [2.75, 3.05) is 6.54 Å². The van der Waals surface area contributed by atoms with E-state index in [1.807, 2.05) is 42.5 Å². The molecule has 3 aromatic carbocycles. The summed E-state index contributed by atoms with van der Waals surface area (Å²) in [5.41, 5.74) is 1.47. The van der Waals surface area contributed by atoms with E-state index in [0.29, 0.717) is 24.3 Å². The zero-order valence-corrected chi connectivity index (χ0v) is 13.0. The molecule has 0 aliphatic carbocycles. The number of hydrogen-bond donors (Lipinski definition) is 1. The van der Waals surface area contributed by atoms with Gasteiger partial charge in [-0.05, 0) is 41.1 Å². The van der Waals surface area contributed by atoms with E-state index in [-0.39, 0.29) is 17.8 Å². The van der Waals surface area contributed by atoms with Crippen LogP contribution in [-0.4, -0.2) is 18.6 Å². The molecule has 0 spiro atoms. The second-order valence-electron chi connectivity index (χ2n) is 5.97. The van der Waals surface area contributed by atoms with Gasteiger partial charge in [-0.15, -0.1) is 0 Å². The number of amides is 1. The molecule has 1 N–H and O–H groups in total. The minimum atomic E-state index is -0.266. The standard InChI is InChI=1S/C20H16FNO2/c21-17-7-8-19-16(10-17)11-18(24-19)12-22-20(23)15-6-5-13-3-1-2-4-14(13)9-15/h1-10,18H,11-12H2,(H,22,23)/t18-/m1/s1. The van der Waals surface area contributed by atoms with Gasteiger partial charge in [-0.1, -0.05) is 30.3 Å². The van der Waals surface area contributed by atoms with Gasteiger partial charge in [-0.25, -0.2) is 4.39 Å². The molecule has 4 rings (SSSR count). The molecule has 3 aromatic rings. The fourth-order valence-corrected chi connectivity index (χ4v) is 3.04. The molecule has 1 atom stereocenters. The zero-order chi connectivity index (χ0) is 16.5. The van der Waals surface area contributed by atoms with E-state index >= 15 is 0 Å². The summed E-state index contributed by atoms with van der Waals surface area (Å²) in [6, 6.07) is 18.1. The molecular formula is C20H16FNO2. The van der Waals surface area contributed by atoms with Crippen LogP contribution in [0.4, 0.5) is 4.39 Å². The van der Waals surface area contributed by atoms with Gasteiger partial charge >= 0.3 is 0 Å². The lowest BCUT2D eigenvalue weighted by atomic mass is 10.1. The Morgan fingerprint density at radius 3 is 2.79 bits per heavy atom. The lowest BCUT2D eigenvalue weighted by Gasteiger charge is -2.12. The lowest BCUT2D eigenvalue weighted by molar-refractivity contribution is 0.0933. The Kier molecular flexibility index (Phi) is 3.65. The molecule has 0 unspecified atom stereocenters. The van der Waals surface area contributed by atoms with Gasteiger partial charge in [-0.3, -0.25) is 4.79 Å². The molecule has 0 aromatic heterocycles. The van der Waals surface area contributed by atoms with Gasteiger partial charge in [0.1, 0.15) is 17.7 Å². The molecule has 1 amide bonds. The number of ether oxygens (including phenoxy) is 1. The van der Waals surface area contributed by atoms with Crippen molar-refractivity contribution in [1.82, 2.24) is 5.32 Å². The van der Waals surface area contributed by atoms with Gasteiger partial charge in [-0.2, -0.15) is 0 Å². The number of fused-ring (bicyclic) bond motifs is 2. The molecule has 0 radical (unpaired) electrons. The third-order valence-corrected chi connectivity index (χ3v) is 4.27. The van der Waals surface area contributed by atoms with E-state index in [1.165, 1.54) is 12.1 Å². The highest BCUT2D eigenvalue weighted by atomic mass is 19.1. The average molecular weight is 321 g/mol. The number of carbonyl (C=O) groups is 1. The van der Waals surface area contributed by atoms with Crippen molar-refractivity contribution >= 4 is 16.7 Å². The molecule has 1 aliphatic rings. The first-order chi connectivity index (χ1) is 11.7. The smallest absolute Gasteiger partial charge is 0.251 e. The second-order valence-corrected chi connectivity index (χ2v) is 5.97. The van der Waals surface area contributed by atoms with Crippen molar-refractivity contribution < 1.29 is 13.9 Å². The topological polar surface area (TPSA) is 38.3 Å². The zero-order valence-electron chi connectivity index (χ0n) is 13.0. The summed E-state index contributed by atoms with van der Waals surface area (Å²) in [4.78, 5) is 12.3. The number of benzene rings is 3. The molecule has 0 fully saturated rings. The van der Waals surface area contributed by atoms with Crippen LogP contribution in [0.1, 0.15) is 15.9 Å². The number of nitrogens with one attached hydrogen (secondary N) is 1. The summed E-state index contributed by atoms with van der Waals surface area (Å²) in [6.07, 6.45) is 0.441. The van der Waals surface area contributed by atoms with Crippen molar-refractivity contribution in [2.45, 2.75) is 12.5 Å². The number of hydrogen-bond acceptors (Lipinski definition) is 2. The van der Waals surface area contributed by atoms with Gasteiger partial charge in [0.25, 0.3) is 5.91 Å². The summed E-state index contributed by atoms with van der Waals surface area (Å²) in [7, 11) is 0. The van der Waals surface area contributed by atoms with Gasteiger partial charge in [0, 0.05) is 17.5 Å². The van der Waals surface area contributed by atoms with Crippen LogP contribution in [0.15, 0.2) is 60.7 Å².